The summed E-state index contributed by atoms with van der Waals surface area (Å²) in [6, 6.07) is 18.6. The molecule has 0 saturated carbocycles. The number of Topliss-reactive ketones (excluding diaryl/α,β-unsaturated/α-hetero) is 1. The highest BCUT2D eigenvalue weighted by molar-refractivity contribution is 9.10. The van der Waals surface area contributed by atoms with Crippen LogP contribution in [0.5, 0.6) is 11.5 Å². The van der Waals surface area contributed by atoms with Crippen LogP contribution in [0.2, 0.25) is 0 Å². The van der Waals surface area contributed by atoms with Crippen LogP contribution in [0.15, 0.2) is 91.2 Å². The molecule has 0 bridgehead atoms. The Kier molecular flexibility index (Phi) is 7.18. The van der Waals surface area contributed by atoms with Gasteiger partial charge in [-0.05, 0) is 69.9 Å². The van der Waals surface area contributed by atoms with Crippen LogP contribution in [0.25, 0.3) is 0 Å². The van der Waals surface area contributed by atoms with Gasteiger partial charge in [0.05, 0.1) is 29.1 Å². The van der Waals surface area contributed by atoms with Crippen LogP contribution in [-0.2, 0) is 14.9 Å². The van der Waals surface area contributed by atoms with E-state index in [1.54, 1.807) is 23.6 Å². The molecule has 1 aliphatic carbocycles. The molecule has 0 saturated heterocycles. The molecule has 1 aromatic heterocycles. The number of hydrogen-bond acceptors (Lipinski definition) is 8. The van der Waals surface area contributed by atoms with E-state index in [1.165, 1.54) is 13.2 Å². The van der Waals surface area contributed by atoms with E-state index in [0.29, 0.717) is 39.7 Å². The Hall–Kier alpha value is -3.39. The number of hydrogen-bond donors (Lipinski definition) is 1. The molecular weight excluding hydrogens is 588 g/mol. The fourth-order valence-corrected chi connectivity index (χ4v) is 7.58. The number of nitriles is 1. The second-order valence-corrected chi connectivity index (χ2v) is 12.6. The van der Waals surface area contributed by atoms with E-state index in [1.807, 2.05) is 37.3 Å². The first-order valence-electron chi connectivity index (χ1n) is 11.8. The first-order chi connectivity index (χ1) is 18.2. The Morgan fingerprint density at radius 3 is 2.53 bits per heavy atom. The van der Waals surface area contributed by atoms with Crippen LogP contribution >= 0.6 is 27.3 Å². The molecular formula is C28H23BrN2O5S2. The zero-order valence-corrected chi connectivity index (χ0v) is 23.7. The topological polar surface area (TPSA) is 105 Å². The van der Waals surface area contributed by atoms with E-state index in [0.717, 1.165) is 22.6 Å². The van der Waals surface area contributed by atoms with Gasteiger partial charge in [-0.15, -0.1) is 11.3 Å². The van der Waals surface area contributed by atoms with Crippen molar-refractivity contribution in [1.82, 2.24) is 5.32 Å². The maximum Gasteiger partial charge on any atom is 0.348 e. The quantitative estimate of drug-likeness (QED) is 0.332. The molecule has 0 amide bonds. The summed E-state index contributed by atoms with van der Waals surface area (Å²) in [4.78, 5) is 13.6. The van der Waals surface area contributed by atoms with Crippen molar-refractivity contribution in [2.75, 3.05) is 7.11 Å². The Morgan fingerprint density at radius 1 is 1.11 bits per heavy atom. The first kappa shape index (κ1) is 26.2. The average Bonchev–Trinajstić information content (AvgIpc) is 3.45. The fraction of sp³-hybridized carbons (Fsp3) is 0.214. The molecule has 10 heteroatoms. The Labute approximate surface area is 233 Å². The summed E-state index contributed by atoms with van der Waals surface area (Å²) in [5, 5.41) is 15.1. The predicted molar refractivity (Wildman–Crippen MR) is 147 cm³/mol. The first-order valence-corrected chi connectivity index (χ1v) is 14.9. The minimum Gasteiger partial charge on any atom is -0.493 e. The molecule has 5 rings (SSSR count). The molecule has 2 aromatic carbocycles. The standard InChI is InChI=1S/C28H23BrN2O5S2/c1-16-20(15-30)26(27-22(31-16)12-18(13-23(27)32)17-7-4-3-5-8-17)19-11-21(29)28(24(14-19)35-2)36-38(33,34)25-9-6-10-37-25/h3-11,14,18,26,31H,12-13H2,1-2H3. The number of thiophene rings is 1. The van der Waals surface area contributed by atoms with Gasteiger partial charge in [0.1, 0.15) is 0 Å². The Morgan fingerprint density at radius 2 is 1.87 bits per heavy atom. The lowest BCUT2D eigenvalue weighted by Crippen LogP contribution is -2.33. The zero-order valence-electron chi connectivity index (χ0n) is 20.5. The molecule has 0 radical (unpaired) electrons. The molecule has 1 aliphatic heterocycles. The smallest absolute Gasteiger partial charge is 0.348 e. The third kappa shape index (κ3) is 4.77. The third-order valence-corrected chi connectivity index (χ3v) is 9.91. The summed E-state index contributed by atoms with van der Waals surface area (Å²) in [6.45, 7) is 1.82. The molecule has 194 valence electrons. The minimum atomic E-state index is -4.07. The van der Waals surface area contributed by atoms with Crippen LogP contribution in [0, 0.1) is 11.3 Å². The molecule has 2 aliphatic rings. The summed E-state index contributed by atoms with van der Waals surface area (Å²) in [7, 11) is -2.67. The highest BCUT2D eigenvalue weighted by Crippen LogP contribution is 2.48. The van der Waals surface area contributed by atoms with Crippen molar-refractivity contribution in [3.05, 3.63) is 98.1 Å². The number of carbonyl (C=O) groups excluding carboxylic acids is 1. The fourth-order valence-electron chi connectivity index (χ4n) is 5.03. The number of carbonyl (C=O) groups is 1. The number of ketones is 1. The number of nitrogens with zero attached hydrogens (tertiary/aromatic N) is 1. The number of nitrogens with one attached hydrogen (secondary N) is 1. The van der Waals surface area contributed by atoms with E-state index < -0.39 is 16.0 Å². The molecule has 7 nitrogen and oxygen atoms in total. The van der Waals surface area contributed by atoms with E-state index in [-0.39, 0.29) is 27.4 Å². The third-order valence-electron chi connectivity index (χ3n) is 6.74. The van der Waals surface area contributed by atoms with Crippen molar-refractivity contribution in [1.29, 1.82) is 5.26 Å². The largest absolute Gasteiger partial charge is 0.493 e. The van der Waals surface area contributed by atoms with Crippen LogP contribution < -0.4 is 14.2 Å². The van der Waals surface area contributed by atoms with Gasteiger partial charge in [-0.3, -0.25) is 4.79 Å². The number of methoxy groups -OCH3 is 1. The van der Waals surface area contributed by atoms with E-state index in [2.05, 4.69) is 27.3 Å². The summed E-state index contributed by atoms with van der Waals surface area (Å²) < 4.78 is 36.9. The van der Waals surface area contributed by atoms with E-state index in [9.17, 15) is 18.5 Å². The van der Waals surface area contributed by atoms with Crippen LogP contribution in [0.3, 0.4) is 0 Å². The minimum absolute atomic E-state index is 0.00823. The highest BCUT2D eigenvalue weighted by atomic mass is 79.9. The maximum absolute atomic E-state index is 13.6. The summed E-state index contributed by atoms with van der Waals surface area (Å²) in [5.41, 5.74) is 4.15. The van der Waals surface area contributed by atoms with Gasteiger partial charge in [-0.25, -0.2) is 0 Å². The van der Waals surface area contributed by atoms with Crippen LogP contribution in [0.4, 0.5) is 0 Å². The second-order valence-electron chi connectivity index (χ2n) is 9.04. The van der Waals surface area contributed by atoms with E-state index >= 15 is 0 Å². The second kappa shape index (κ2) is 10.4. The summed E-state index contributed by atoms with van der Waals surface area (Å²) in [5.74, 6) is -0.477. The Bertz CT molecular complexity index is 1620. The lowest BCUT2D eigenvalue weighted by Gasteiger charge is -2.36. The van der Waals surface area contributed by atoms with Gasteiger partial charge >= 0.3 is 10.1 Å². The lowest BCUT2D eigenvalue weighted by atomic mass is 9.72. The predicted octanol–water partition coefficient (Wildman–Crippen LogP) is 6.17. The molecule has 2 heterocycles. The summed E-state index contributed by atoms with van der Waals surface area (Å²) in [6.07, 6.45) is 0.966. The summed E-state index contributed by atoms with van der Waals surface area (Å²) >= 11 is 4.49. The van der Waals surface area contributed by atoms with Crippen molar-refractivity contribution < 1.29 is 22.1 Å². The van der Waals surface area contributed by atoms with Crippen molar-refractivity contribution in [2.24, 2.45) is 0 Å². The molecule has 38 heavy (non-hydrogen) atoms. The van der Waals surface area contributed by atoms with Crippen LogP contribution in [0.1, 0.15) is 42.7 Å². The number of ether oxygens (including phenoxy) is 1. The molecule has 0 fully saturated rings. The monoisotopic (exact) mass is 610 g/mol. The maximum atomic E-state index is 13.6. The van der Waals surface area contributed by atoms with Crippen molar-refractivity contribution in [3.8, 4) is 17.6 Å². The van der Waals surface area contributed by atoms with Gasteiger partial charge in [0, 0.05) is 23.4 Å². The van der Waals surface area contributed by atoms with Crippen LogP contribution in [-0.4, -0.2) is 21.3 Å². The number of dihydropyridines is 1. The van der Waals surface area contributed by atoms with Gasteiger partial charge in [0.15, 0.2) is 21.5 Å². The van der Waals surface area contributed by atoms with Crippen molar-refractivity contribution in [2.45, 2.75) is 35.8 Å². The number of allylic oxidation sites excluding steroid dienone is 4. The lowest BCUT2D eigenvalue weighted by molar-refractivity contribution is -0.116. The Balaban J connectivity index is 1.58. The molecule has 3 aromatic rings. The average molecular weight is 612 g/mol. The number of halogens is 1. The SMILES string of the molecule is COc1cc(C2C(C#N)=C(C)NC3=C2C(=O)CC(c2ccccc2)C3)cc(Br)c1OS(=O)(=O)c1cccs1. The molecule has 2 atom stereocenters. The molecule has 2 unspecified atom stereocenters. The normalized spacial score (nSPS) is 19.5. The number of rotatable bonds is 6. The molecule has 1 N–H and O–H groups in total. The van der Waals surface area contributed by atoms with E-state index in [4.69, 9.17) is 8.92 Å². The zero-order chi connectivity index (χ0) is 27.0. The van der Waals surface area contributed by atoms with Gasteiger partial charge in [-0.1, -0.05) is 36.4 Å². The highest BCUT2D eigenvalue weighted by Gasteiger charge is 2.39. The van der Waals surface area contributed by atoms with Gasteiger partial charge in [-0.2, -0.15) is 13.7 Å². The van der Waals surface area contributed by atoms with Crippen molar-refractivity contribution >= 4 is 43.2 Å². The van der Waals surface area contributed by atoms with Gasteiger partial charge < -0.3 is 14.2 Å². The van der Waals surface area contributed by atoms with Gasteiger partial charge in [0.25, 0.3) is 0 Å². The number of benzene rings is 2. The van der Waals surface area contributed by atoms with Crippen molar-refractivity contribution in [3.63, 3.8) is 0 Å². The molecule has 0 spiro atoms. The van der Waals surface area contributed by atoms with Gasteiger partial charge in [0.2, 0.25) is 0 Å².